The number of benzene rings is 3. The summed E-state index contributed by atoms with van der Waals surface area (Å²) in [6.45, 7) is 0. The second-order valence-corrected chi connectivity index (χ2v) is 7.82. The highest BCUT2D eigenvalue weighted by atomic mass is 32.2. The van der Waals surface area contributed by atoms with E-state index in [0.717, 1.165) is 0 Å². The number of sulfone groups is 1. The van der Waals surface area contributed by atoms with Gasteiger partial charge in [0.2, 0.25) is 0 Å². The van der Waals surface area contributed by atoms with Gasteiger partial charge in [0.25, 0.3) is 0 Å². The molecule has 4 heteroatoms. The van der Waals surface area contributed by atoms with E-state index in [2.05, 4.69) is 0 Å². The van der Waals surface area contributed by atoms with E-state index in [1.165, 1.54) is 0 Å². The van der Waals surface area contributed by atoms with Crippen LogP contribution < -0.4 is 0 Å². The van der Waals surface area contributed by atoms with E-state index in [4.69, 9.17) is 0 Å². The minimum Gasteiger partial charge on any atom is -0.293 e. The summed E-state index contributed by atoms with van der Waals surface area (Å²) in [4.78, 5) is 13.2. The third kappa shape index (κ3) is 4.03. The van der Waals surface area contributed by atoms with Crippen molar-refractivity contribution >= 4 is 15.6 Å². The number of hydrogen-bond acceptors (Lipinski definition) is 3. The molecule has 0 fully saturated rings. The number of ketones is 1. The predicted octanol–water partition coefficient (Wildman–Crippen LogP) is 4.13. The van der Waals surface area contributed by atoms with Gasteiger partial charge in [-0.05, 0) is 17.7 Å². The molecule has 0 radical (unpaired) electrons. The summed E-state index contributed by atoms with van der Waals surface area (Å²) in [5.41, 5.74) is 1.22. The molecule has 1 unspecified atom stereocenters. The molecule has 0 aromatic heterocycles. The molecular weight excluding hydrogens is 332 g/mol. The fourth-order valence-corrected chi connectivity index (χ4v) is 4.30. The Kier molecular flexibility index (Phi) is 5.10. The third-order valence-corrected chi connectivity index (χ3v) is 5.83. The molecule has 3 aromatic carbocycles. The van der Waals surface area contributed by atoms with E-state index in [1.807, 2.05) is 24.3 Å². The van der Waals surface area contributed by atoms with Gasteiger partial charge in [-0.15, -0.1) is 0 Å². The molecule has 126 valence electrons. The van der Waals surface area contributed by atoms with Gasteiger partial charge in [-0.2, -0.15) is 0 Å². The van der Waals surface area contributed by atoms with E-state index in [9.17, 15) is 13.2 Å². The highest BCUT2D eigenvalue weighted by Crippen LogP contribution is 2.25. The van der Waals surface area contributed by atoms with Gasteiger partial charge in [0, 0.05) is 5.56 Å². The number of carbonyl (C=O) groups excluding carboxylic acids is 1. The van der Waals surface area contributed by atoms with Gasteiger partial charge in [0.05, 0.1) is 16.6 Å². The highest BCUT2D eigenvalue weighted by Gasteiger charge is 2.28. The first kappa shape index (κ1) is 17.1. The first-order valence-electron chi connectivity index (χ1n) is 8.00. The minimum atomic E-state index is -3.58. The lowest BCUT2D eigenvalue weighted by Gasteiger charge is -2.17. The Morgan fingerprint density at radius 1 is 0.720 bits per heavy atom. The first-order chi connectivity index (χ1) is 12.1. The summed E-state index contributed by atoms with van der Waals surface area (Å²) < 4.78 is 25.6. The van der Waals surface area contributed by atoms with Crippen molar-refractivity contribution < 1.29 is 13.2 Å². The summed E-state index contributed by atoms with van der Waals surface area (Å²) in [5.74, 6) is -1.19. The molecule has 0 spiro atoms. The van der Waals surface area contributed by atoms with Crippen LogP contribution in [-0.2, 0) is 9.84 Å². The van der Waals surface area contributed by atoms with Crippen LogP contribution in [0.25, 0.3) is 0 Å². The lowest BCUT2D eigenvalue weighted by molar-refractivity contribution is 0.0967. The first-order valence-corrected chi connectivity index (χ1v) is 9.65. The average molecular weight is 350 g/mol. The van der Waals surface area contributed by atoms with Crippen LogP contribution in [0, 0.1) is 0 Å². The maximum atomic E-state index is 13.0. The van der Waals surface area contributed by atoms with Gasteiger partial charge >= 0.3 is 0 Å². The standard InChI is InChI=1S/C21H18O3S/c22-21(18-12-6-2-7-13-18)20(17-10-4-1-5-11-17)16-25(23,24)19-14-8-3-9-15-19/h1-15,20H,16H2. The van der Waals surface area contributed by atoms with Crippen LogP contribution in [-0.4, -0.2) is 20.0 Å². The van der Waals surface area contributed by atoms with Crippen molar-refractivity contribution in [1.29, 1.82) is 0 Å². The van der Waals surface area contributed by atoms with Crippen LogP contribution in [0.1, 0.15) is 21.8 Å². The molecule has 0 amide bonds. The number of carbonyl (C=O) groups is 1. The minimum absolute atomic E-state index is 0.189. The summed E-state index contributed by atoms with van der Waals surface area (Å²) in [6.07, 6.45) is 0. The zero-order valence-electron chi connectivity index (χ0n) is 13.6. The van der Waals surface area contributed by atoms with Crippen molar-refractivity contribution in [3.05, 3.63) is 102 Å². The molecule has 1 atom stereocenters. The second kappa shape index (κ2) is 7.45. The molecule has 3 aromatic rings. The fourth-order valence-electron chi connectivity index (χ4n) is 2.76. The number of rotatable bonds is 6. The predicted molar refractivity (Wildman–Crippen MR) is 98.5 cm³/mol. The third-order valence-electron chi connectivity index (χ3n) is 4.07. The smallest absolute Gasteiger partial charge is 0.179 e. The summed E-state index contributed by atoms with van der Waals surface area (Å²) in [5, 5.41) is 0. The molecule has 0 saturated heterocycles. The van der Waals surface area contributed by atoms with Crippen molar-refractivity contribution in [3.8, 4) is 0 Å². The highest BCUT2D eigenvalue weighted by molar-refractivity contribution is 7.91. The maximum Gasteiger partial charge on any atom is 0.179 e. The van der Waals surface area contributed by atoms with Crippen molar-refractivity contribution in [3.63, 3.8) is 0 Å². The molecule has 0 N–H and O–H groups in total. The van der Waals surface area contributed by atoms with E-state index in [-0.39, 0.29) is 16.4 Å². The van der Waals surface area contributed by atoms with Gasteiger partial charge in [-0.1, -0.05) is 78.9 Å². The zero-order valence-corrected chi connectivity index (χ0v) is 14.4. The summed E-state index contributed by atoms with van der Waals surface area (Å²) >= 11 is 0. The zero-order chi connectivity index (χ0) is 17.7. The molecule has 0 heterocycles. The largest absolute Gasteiger partial charge is 0.293 e. The molecule has 0 bridgehead atoms. The van der Waals surface area contributed by atoms with Gasteiger partial charge in [0.1, 0.15) is 0 Å². The molecular formula is C21H18O3S. The van der Waals surface area contributed by atoms with Crippen molar-refractivity contribution in [2.24, 2.45) is 0 Å². The van der Waals surface area contributed by atoms with Gasteiger partial charge < -0.3 is 0 Å². The molecule has 0 saturated carbocycles. The quantitative estimate of drug-likeness (QED) is 0.628. The summed E-state index contributed by atoms with van der Waals surface area (Å²) in [6, 6.07) is 26.1. The molecule has 25 heavy (non-hydrogen) atoms. The molecule has 3 nitrogen and oxygen atoms in total. The van der Waals surface area contributed by atoms with Crippen molar-refractivity contribution in [2.75, 3.05) is 5.75 Å². The van der Waals surface area contributed by atoms with Crippen molar-refractivity contribution in [2.45, 2.75) is 10.8 Å². The van der Waals surface area contributed by atoms with Crippen molar-refractivity contribution in [1.82, 2.24) is 0 Å². The van der Waals surface area contributed by atoms with E-state index in [0.29, 0.717) is 11.1 Å². The Morgan fingerprint density at radius 2 is 1.20 bits per heavy atom. The van der Waals surface area contributed by atoms with E-state index in [1.54, 1.807) is 66.7 Å². The van der Waals surface area contributed by atoms with Crippen LogP contribution in [0.5, 0.6) is 0 Å². The molecule has 3 rings (SSSR count). The van der Waals surface area contributed by atoms with Crippen LogP contribution in [0.15, 0.2) is 95.9 Å². The van der Waals surface area contributed by atoms with E-state index < -0.39 is 15.8 Å². The molecule has 0 aliphatic carbocycles. The van der Waals surface area contributed by atoms with Gasteiger partial charge in [-0.3, -0.25) is 4.79 Å². The second-order valence-electron chi connectivity index (χ2n) is 5.79. The Labute approximate surface area is 147 Å². The van der Waals surface area contributed by atoms with Crippen LogP contribution in [0.3, 0.4) is 0 Å². The van der Waals surface area contributed by atoms with Crippen LogP contribution in [0.4, 0.5) is 0 Å². The monoisotopic (exact) mass is 350 g/mol. The number of hydrogen-bond donors (Lipinski definition) is 0. The lowest BCUT2D eigenvalue weighted by Crippen LogP contribution is -2.22. The Hall–Kier alpha value is -2.72. The number of Topliss-reactive ketones (excluding diaryl/α,β-unsaturated/α-hetero) is 1. The Bertz CT molecular complexity index is 934. The van der Waals surface area contributed by atoms with Crippen LogP contribution >= 0.6 is 0 Å². The van der Waals surface area contributed by atoms with E-state index >= 15 is 0 Å². The Morgan fingerprint density at radius 3 is 1.76 bits per heavy atom. The Balaban J connectivity index is 1.99. The van der Waals surface area contributed by atoms with Gasteiger partial charge in [0.15, 0.2) is 15.6 Å². The molecule has 0 aliphatic heterocycles. The molecule has 0 aliphatic rings. The average Bonchev–Trinajstić information content (AvgIpc) is 2.68. The van der Waals surface area contributed by atoms with Gasteiger partial charge in [-0.25, -0.2) is 8.42 Å². The topological polar surface area (TPSA) is 51.2 Å². The van der Waals surface area contributed by atoms with Crippen LogP contribution in [0.2, 0.25) is 0 Å². The fraction of sp³-hybridized carbons (Fsp3) is 0.0952. The summed E-state index contributed by atoms with van der Waals surface area (Å²) in [7, 11) is -3.58. The lowest BCUT2D eigenvalue weighted by atomic mass is 9.92. The normalized spacial score (nSPS) is 12.5. The maximum absolute atomic E-state index is 13.0. The SMILES string of the molecule is O=C(c1ccccc1)C(CS(=O)(=O)c1ccccc1)c1ccccc1.